The lowest BCUT2D eigenvalue weighted by Crippen LogP contribution is -2.37. The van der Waals surface area contributed by atoms with Crippen molar-refractivity contribution in [3.05, 3.63) is 95.6 Å². The van der Waals surface area contributed by atoms with Gasteiger partial charge < -0.3 is 0 Å². The van der Waals surface area contributed by atoms with Gasteiger partial charge in [0.2, 0.25) is 0 Å². The van der Waals surface area contributed by atoms with Crippen molar-refractivity contribution in [1.82, 2.24) is 0 Å². The molecule has 0 fully saturated rings. The number of benzene rings is 3. The maximum atomic E-state index is 13.2. The molecular weight excluding hydrogens is 370 g/mol. The van der Waals surface area contributed by atoms with Crippen LogP contribution in [-0.4, -0.2) is 8.42 Å². The van der Waals surface area contributed by atoms with E-state index >= 15 is 0 Å². The van der Waals surface area contributed by atoms with Crippen LogP contribution in [0.25, 0.3) is 0 Å². The Labute approximate surface area is 156 Å². The van der Waals surface area contributed by atoms with Crippen molar-refractivity contribution in [2.24, 2.45) is 0 Å². The van der Waals surface area contributed by atoms with Crippen LogP contribution in [0.2, 0.25) is 0 Å². The number of rotatable bonds is 4. The van der Waals surface area contributed by atoms with Crippen molar-refractivity contribution in [1.29, 1.82) is 0 Å². The van der Waals surface area contributed by atoms with E-state index in [1.165, 1.54) is 32.9 Å². The zero-order valence-electron chi connectivity index (χ0n) is 14.2. The summed E-state index contributed by atoms with van der Waals surface area (Å²) in [6.45, 7) is 0.194. The van der Waals surface area contributed by atoms with Gasteiger partial charge in [0, 0.05) is 0 Å². The Morgan fingerprint density at radius 1 is 0.630 bits per heavy atom. The molecule has 0 amide bonds. The second-order valence-electron chi connectivity index (χ2n) is 6.26. The van der Waals surface area contributed by atoms with E-state index in [1.807, 2.05) is 0 Å². The van der Waals surface area contributed by atoms with E-state index < -0.39 is 10.2 Å². The number of fused-ring (bicyclic) bond motifs is 1. The average molecular weight is 386 g/mol. The molecule has 0 saturated heterocycles. The van der Waals surface area contributed by atoms with Crippen LogP contribution in [-0.2, 0) is 23.3 Å². The molecule has 3 aromatic rings. The Morgan fingerprint density at radius 2 is 1.00 bits per heavy atom. The standard InChI is InChI=1S/C20H16F2N2O2S/c21-17-9-5-15(6-10-17)13-23-19-3-1-2-4-20(19)24(27(23,25)26)14-16-7-11-18(22)12-8-16/h1-12H,13-14H2. The molecule has 0 N–H and O–H groups in total. The summed E-state index contributed by atoms with van der Waals surface area (Å²) in [6.07, 6.45) is 0. The minimum absolute atomic E-state index is 0.0968. The summed E-state index contributed by atoms with van der Waals surface area (Å²) in [4.78, 5) is 0. The molecule has 0 atom stereocenters. The predicted molar refractivity (Wildman–Crippen MR) is 101 cm³/mol. The zero-order chi connectivity index (χ0) is 19.0. The number of hydrogen-bond donors (Lipinski definition) is 0. The first-order chi connectivity index (χ1) is 12.9. The highest BCUT2D eigenvalue weighted by molar-refractivity contribution is 7.94. The summed E-state index contributed by atoms with van der Waals surface area (Å²) >= 11 is 0. The third-order valence-electron chi connectivity index (χ3n) is 4.46. The molecule has 4 nitrogen and oxygen atoms in total. The molecule has 1 aliphatic heterocycles. The molecule has 138 valence electrons. The van der Waals surface area contributed by atoms with Crippen molar-refractivity contribution in [2.75, 3.05) is 8.61 Å². The lowest BCUT2D eigenvalue weighted by Gasteiger charge is -2.22. The second-order valence-corrected chi connectivity index (χ2v) is 8.04. The number of para-hydroxylation sites is 2. The van der Waals surface area contributed by atoms with Crippen LogP contribution in [0, 0.1) is 11.6 Å². The molecule has 0 saturated carbocycles. The van der Waals surface area contributed by atoms with E-state index in [-0.39, 0.29) is 24.7 Å². The van der Waals surface area contributed by atoms with E-state index in [1.54, 1.807) is 48.5 Å². The van der Waals surface area contributed by atoms with Crippen molar-refractivity contribution in [3.63, 3.8) is 0 Å². The summed E-state index contributed by atoms with van der Waals surface area (Å²) < 4.78 is 55.3. The Morgan fingerprint density at radius 3 is 1.37 bits per heavy atom. The second kappa shape index (κ2) is 6.66. The highest BCUT2D eigenvalue weighted by Gasteiger charge is 2.39. The van der Waals surface area contributed by atoms with Crippen molar-refractivity contribution in [3.8, 4) is 0 Å². The first-order valence-electron chi connectivity index (χ1n) is 8.33. The van der Waals surface area contributed by atoms with Gasteiger partial charge in [-0.3, -0.25) is 0 Å². The topological polar surface area (TPSA) is 40.6 Å². The molecule has 1 heterocycles. The summed E-state index contributed by atoms with van der Waals surface area (Å²) in [5.74, 6) is -0.747. The Hall–Kier alpha value is -2.93. The van der Waals surface area contributed by atoms with E-state index in [4.69, 9.17) is 0 Å². The first-order valence-corrected chi connectivity index (χ1v) is 9.73. The van der Waals surface area contributed by atoms with Crippen LogP contribution < -0.4 is 8.61 Å². The fourth-order valence-electron chi connectivity index (χ4n) is 3.10. The fourth-order valence-corrected chi connectivity index (χ4v) is 4.77. The van der Waals surface area contributed by atoms with E-state index in [0.717, 1.165) is 0 Å². The largest absolute Gasteiger partial charge is 0.327 e. The van der Waals surface area contributed by atoms with Crippen molar-refractivity contribution < 1.29 is 17.2 Å². The van der Waals surface area contributed by atoms with Gasteiger partial charge >= 0.3 is 10.2 Å². The smallest absolute Gasteiger partial charge is 0.247 e. The van der Waals surface area contributed by atoms with Gasteiger partial charge in [-0.05, 0) is 47.5 Å². The number of hydrogen-bond acceptors (Lipinski definition) is 2. The lowest BCUT2D eigenvalue weighted by atomic mass is 10.2. The number of nitrogens with zero attached hydrogens (tertiary/aromatic N) is 2. The van der Waals surface area contributed by atoms with Crippen LogP contribution in [0.5, 0.6) is 0 Å². The molecule has 1 aliphatic rings. The minimum atomic E-state index is -3.82. The number of halogens is 2. The SMILES string of the molecule is O=S1(=O)N(Cc2ccc(F)cc2)c2ccccc2N1Cc1ccc(F)cc1. The van der Waals surface area contributed by atoms with Crippen LogP contribution in [0.1, 0.15) is 11.1 Å². The van der Waals surface area contributed by atoms with E-state index in [0.29, 0.717) is 22.5 Å². The summed E-state index contributed by atoms with van der Waals surface area (Å²) in [7, 11) is -3.82. The van der Waals surface area contributed by atoms with Gasteiger partial charge in [-0.2, -0.15) is 8.42 Å². The van der Waals surface area contributed by atoms with Gasteiger partial charge in [-0.25, -0.2) is 17.4 Å². The number of anilines is 2. The maximum Gasteiger partial charge on any atom is 0.327 e. The molecule has 0 bridgehead atoms. The van der Waals surface area contributed by atoms with Gasteiger partial charge in [0.05, 0.1) is 24.5 Å². The third kappa shape index (κ3) is 3.26. The van der Waals surface area contributed by atoms with Crippen molar-refractivity contribution in [2.45, 2.75) is 13.1 Å². The van der Waals surface area contributed by atoms with Gasteiger partial charge in [0.15, 0.2) is 0 Å². The van der Waals surface area contributed by atoms with Crippen LogP contribution in [0.15, 0.2) is 72.8 Å². The highest BCUT2D eigenvalue weighted by atomic mass is 32.2. The molecule has 4 rings (SSSR count). The molecule has 0 unspecified atom stereocenters. The predicted octanol–water partition coefficient (Wildman–Crippen LogP) is 4.24. The minimum Gasteiger partial charge on any atom is -0.247 e. The lowest BCUT2D eigenvalue weighted by molar-refractivity contribution is 0.588. The van der Waals surface area contributed by atoms with Gasteiger partial charge in [-0.1, -0.05) is 36.4 Å². The summed E-state index contributed by atoms with van der Waals surface area (Å²) in [5.41, 5.74) is 2.48. The van der Waals surface area contributed by atoms with Gasteiger partial charge in [-0.15, -0.1) is 0 Å². The van der Waals surface area contributed by atoms with Crippen LogP contribution in [0.3, 0.4) is 0 Å². The van der Waals surface area contributed by atoms with E-state index in [2.05, 4.69) is 0 Å². The van der Waals surface area contributed by atoms with Crippen LogP contribution in [0.4, 0.5) is 20.2 Å². The summed E-state index contributed by atoms with van der Waals surface area (Å²) in [6, 6.07) is 18.5. The molecular formula is C20H16F2N2O2S. The Bertz CT molecular complexity index is 987. The van der Waals surface area contributed by atoms with Gasteiger partial charge in [0.1, 0.15) is 11.6 Å². The zero-order valence-corrected chi connectivity index (χ0v) is 15.0. The molecule has 7 heteroatoms. The molecule has 27 heavy (non-hydrogen) atoms. The molecule has 0 aliphatic carbocycles. The molecule has 3 aromatic carbocycles. The Balaban J connectivity index is 1.71. The van der Waals surface area contributed by atoms with Crippen molar-refractivity contribution >= 4 is 21.6 Å². The Kier molecular flexibility index (Phi) is 4.31. The third-order valence-corrected chi connectivity index (χ3v) is 6.22. The van der Waals surface area contributed by atoms with Gasteiger partial charge in [0.25, 0.3) is 0 Å². The maximum absolute atomic E-state index is 13.2. The normalized spacial score (nSPS) is 15.0. The molecule has 0 aromatic heterocycles. The molecule has 0 radical (unpaired) electrons. The summed E-state index contributed by atoms with van der Waals surface area (Å²) in [5, 5.41) is 0. The van der Waals surface area contributed by atoms with Crippen LogP contribution >= 0.6 is 0 Å². The molecule has 0 spiro atoms. The average Bonchev–Trinajstić information content (AvgIpc) is 2.86. The quantitative estimate of drug-likeness (QED) is 0.673. The fraction of sp³-hybridized carbons (Fsp3) is 0.100. The van der Waals surface area contributed by atoms with E-state index in [9.17, 15) is 17.2 Å². The monoisotopic (exact) mass is 386 g/mol. The first kappa shape index (κ1) is 17.5. The highest BCUT2D eigenvalue weighted by Crippen LogP contribution is 2.42.